The van der Waals surface area contributed by atoms with E-state index in [0.29, 0.717) is 11.6 Å². The average molecular weight is 233 g/mol. The quantitative estimate of drug-likeness (QED) is 0.861. The second-order valence-corrected chi connectivity index (χ2v) is 4.64. The van der Waals surface area contributed by atoms with Crippen LogP contribution in [0.4, 0.5) is 4.39 Å². The van der Waals surface area contributed by atoms with E-state index in [9.17, 15) is 4.39 Å². The summed E-state index contributed by atoms with van der Waals surface area (Å²) in [6.07, 6.45) is 8.09. The Morgan fingerprint density at radius 2 is 2.41 bits per heavy atom. The number of pyridine rings is 1. The minimum absolute atomic E-state index is 0.206. The van der Waals surface area contributed by atoms with Crippen LogP contribution in [0.25, 0.3) is 5.52 Å². The summed E-state index contributed by atoms with van der Waals surface area (Å²) in [5, 5.41) is 3.49. The van der Waals surface area contributed by atoms with Crippen LogP contribution in [-0.4, -0.2) is 22.0 Å². The van der Waals surface area contributed by atoms with Gasteiger partial charge in [0.15, 0.2) is 0 Å². The van der Waals surface area contributed by atoms with Crippen LogP contribution in [-0.2, 0) is 6.42 Å². The smallest absolute Gasteiger partial charge is 0.148 e. The molecule has 0 spiro atoms. The van der Waals surface area contributed by atoms with E-state index >= 15 is 0 Å². The van der Waals surface area contributed by atoms with E-state index in [1.165, 1.54) is 25.3 Å². The van der Waals surface area contributed by atoms with Gasteiger partial charge in [-0.15, -0.1) is 0 Å². The van der Waals surface area contributed by atoms with Crippen molar-refractivity contribution in [3.63, 3.8) is 0 Å². The Morgan fingerprint density at radius 1 is 1.47 bits per heavy atom. The zero-order chi connectivity index (χ0) is 11.7. The van der Waals surface area contributed by atoms with Gasteiger partial charge in [0.25, 0.3) is 0 Å². The fourth-order valence-corrected chi connectivity index (χ4v) is 2.51. The molecule has 3 rings (SSSR count). The lowest BCUT2D eigenvalue weighted by Gasteiger charge is -2.22. The summed E-state index contributed by atoms with van der Waals surface area (Å²) >= 11 is 0. The zero-order valence-corrected chi connectivity index (χ0v) is 9.69. The molecule has 0 bridgehead atoms. The summed E-state index contributed by atoms with van der Waals surface area (Å²) in [5.41, 5.74) is 0.568. The van der Waals surface area contributed by atoms with Gasteiger partial charge in [0.2, 0.25) is 0 Å². The summed E-state index contributed by atoms with van der Waals surface area (Å²) in [5.74, 6) is 0.738. The van der Waals surface area contributed by atoms with Crippen LogP contribution in [0.2, 0.25) is 0 Å². The molecule has 0 aliphatic carbocycles. The van der Waals surface area contributed by atoms with Crippen LogP contribution in [0.15, 0.2) is 24.5 Å². The molecule has 90 valence electrons. The Kier molecular flexibility index (Phi) is 2.81. The molecule has 1 aliphatic rings. The molecule has 1 aliphatic heterocycles. The Balaban J connectivity index is 1.87. The van der Waals surface area contributed by atoms with Gasteiger partial charge in [-0.25, -0.2) is 9.37 Å². The van der Waals surface area contributed by atoms with E-state index in [0.717, 1.165) is 18.8 Å². The van der Waals surface area contributed by atoms with Crippen molar-refractivity contribution in [2.24, 2.45) is 0 Å². The number of imidazole rings is 1. The molecular formula is C13H16FN3. The summed E-state index contributed by atoms with van der Waals surface area (Å²) in [4.78, 5) is 4.33. The molecular weight excluding hydrogens is 217 g/mol. The standard InChI is InChI=1S/C13H16FN3/c14-11-5-3-7-17-12(11)9-16-13(17)8-10-4-1-2-6-15-10/h3,5,7,9-10,15H,1-2,4,6,8H2. The molecule has 1 fully saturated rings. The van der Waals surface area contributed by atoms with Crippen molar-refractivity contribution in [3.05, 3.63) is 36.2 Å². The van der Waals surface area contributed by atoms with Crippen LogP contribution in [0.5, 0.6) is 0 Å². The second-order valence-electron chi connectivity index (χ2n) is 4.64. The van der Waals surface area contributed by atoms with Crippen molar-refractivity contribution < 1.29 is 4.39 Å². The van der Waals surface area contributed by atoms with Crippen molar-refractivity contribution in [3.8, 4) is 0 Å². The van der Waals surface area contributed by atoms with E-state index < -0.39 is 0 Å². The Morgan fingerprint density at radius 3 is 3.24 bits per heavy atom. The van der Waals surface area contributed by atoms with Crippen molar-refractivity contribution >= 4 is 5.52 Å². The number of halogens is 1. The molecule has 0 radical (unpaired) electrons. The van der Waals surface area contributed by atoms with Crippen LogP contribution in [0, 0.1) is 5.82 Å². The highest BCUT2D eigenvalue weighted by Crippen LogP contribution is 2.15. The molecule has 0 amide bonds. The summed E-state index contributed by atoms with van der Waals surface area (Å²) in [6, 6.07) is 3.68. The number of aromatic nitrogens is 2. The first-order chi connectivity index (χ1) is 8.34. The van der Waals surface area contributed by atoms with E-state index in [-0.39, 0.29) is 5.82 Å². The molecule has 0 aromatic carbocycles. The van der Waals surface area contributed by atoms with Gasteiger partial charge in [-0.1, -0.05) is 6.42 Å². The first-order valence-corrected chi connectivity index (χ1v) is 6.18. The third-order valence-electron chi connectivity index (χ3n) is 3.44. The fourth-order valence-electron chi connectivity index (χ4n) is 2.51. The summed E-state index contributed by atoms with van der Waals surface area (Å²) in [7, 11) is 0. The van der Waals surface area contributed by atoms with E-state index in [2.05, 4.69) is 10.3 Å². The Hall–Kier alpha value is -1.42. The maximum Gasteiger partial charge on any atom is 0.148 e. The van der Waals surface area contributed by atoms with Crippen molar-refractivity contribution in [1.82, 2.24) is 14.7 Å². The predicted octanol–water partition coefficient (Wildman–Crippen LogP) is 2.16. The van der Waals surface area contributed by atoms with Crippen molar-refractivity contribution in [2.45, 2.75) is 31.7 Å². The number of fused-ring (bicyclic) bond motifs is 1. The topological polar surface area (TPSA) is 29.3 Å². The lowest BCUT2D eigenvalue weighted by atomic mass is 10.0. The third-order valence-corrected chi connectivity index (χ3v) is 3.44. The second kappa shape index (κ2) is 4.45. The molecule has 3 heterocycles. The first kappa shape index (κ1) is 10.7. The van der Waals surface area contributed by atoms with Crippen LogP contribution < -0.4 is 5.32 Å². The molecule has 1 atom stereocenters. The molecule has 2 aromatic heterocycles. The summed E-state index contributed by atoms with van der Waals surface area (Å²) in [6.45, 7) is 1.09. The lowest BCUT2D eigenvalue weighted by Crippen LogP contribution is -2.36. The van der Waals surface area contributed by atoms with E-state index in [4.69, 9.17) is 0 Å². The largest absolute Gasteiger partial charge is 0.314 e. The minimum atomic E-state index is -0.206. The summed E-state index contributed by atoms with van der Waals surface area (Å²) < 4.78 is 15.4. The molecule has 17 heavy (non-hydrogen) atoms. The maximum absolute atomic E-state index is 13.5. The molecule has 3 nitrogen and oxygen atoms in total. The highest BCUT2D eigenvalue weighted by molar-refractivity contribution is 5.47. The lowest BCUT2D eigenvalue weighted by molar-refractivity contribution is 0.394. The Bertz CT molecular complexity index is 514. The minimum Gasteiger partial charge on any atom is -0.314 e. The van der Waals surface area contributed by atoms with Gasteiger partial charge in [-0.05, 0) is 31.5 Å². The van der Waals surface area contributed by atoms with Crippen LogP contribution in [0.1, 0.15) is 25.1 Å². The van der Waals surface area contributed by atoms with Crippen molar-refractivity contribution in [1.29, 1.82) is 0 Å². The number of rotatable bonds is 2. The van der Waals surface area contributed by atoms with Gasteiger partial charge in [-0.2, -0.15) is 0 Å². The average Bonchev–Trinajstić information content (AvgIpc) is 2.76. The van der Waals surface area contributed by atoms with Gasteiger partial charge < -0.3 is 9.72 Å². The Labute approximate surface area is 99.7 Å². The SMILES string of the molecule is Fc1cccn2c(CC3CCCCN3)ncc12. The number of piperidine rings is 1. The predicted molar refractivity (Wildman–Crippen MR) is 64.5 cm³/mol. The molecule has 2 aromatic rings. The number of hydrogen-bond donors (Lipinski definition) is 1. The van der Waals surface area contributed by atoms with Gasteiger partial charge in [-0.3, -0.25) is 0 Å². The van der Waals surface area contributed by atoms with E-state index in [1.54, 1.807) is 12.3 Å². The first-order valence-electron chi connectivity index (χ1n) is 6.18. The van der Waals surface area contributed by atoms with Crippen LogP contribution >= 0.6 is 0 Å². The third kappa shape index (κ3) is 2.05. The highest BCUT2D eigenvalue weighted by Gasteiger charge is 2.16. The van der Waals surface area contributed by atoms with Gasteiger partial charge >= 0.3 is 0 Å². The molecule has 0 saturated carbocycles. The van der Waals surface area contributed by atoms with Gasteiger partial charge in [0, 0.05) is 18.7 Å². The normalized spacial score (nSPS) is 20.9. The van der Waals surface area contributed by atoms with Crippen molar-refractivity contribution in [2.75, 3.05) is 6.54 Å². The monoisotopic (exact) mass is 233 g/mol. The zero-order valence-electron chi connectivity index (χ0n) is 9.69. The molecule has 1 unspecified atom stereocenters. The van der Waals surface area contributed by atoms with Crippen LogP contribution in [0.3, 0.4) is 0 Å². The fraction of sp³-hybridized carbons (Fsp3) is 0.462. The molecule has 4 heteroatoms. The molecule has 1 saturated heterocycles. The maximum atomic E-state index is 13.5. The highest BCUT2D eigenvalue weighted by atomic mass is 19.1. The van der Waals surface area contributed by atoms with E-state index in [1.807, 2.05) is 10.6 Å². The van der Waals surface area contributed by atoms with Gasteiger partial charge in [0.05, 0.1) is 6.20 Å². The molecule has 1 N–H and O–H groups in total. The number of nitrogens with zero attached hydrogens (tertiary/aromatic N) is 2. The van der Waals surface area contributed by atoms with Gasteiger partial charge in [0.1, 0.15) is 17.2 Å². The number of nitrogens with one attached hydrogen (secondary N) is 1. The number of hydrogen-bond acceptors (Lipinski definition) is 2.